The van der Waals surface area contributed by atoms with Gasteiger partial charge >= 0.3 is 12.0 Å². The maximum absolute atomic E-state index is 13.0. The summed E-state index contributed by atoms with van der Waals surface area (Å²) < 4.78 is 13.0. The maximum Gasteiger partial charge on any atom is 0.335 e. The minimum absolute atomic E-state index is 0.191. The first-order valence-corrected chi connectivity index (χ1v) is 6.83. The highest BCUT2D eigenvalue weighted by molar-refractivity contribution is 5.87. The second-order valence-electron chi connectivity index (χ2n) is 4.72. The van der Waals surface area contributed by atoms with E-state index >= 15 is 0 Å². The van der Waals surface area contributed by atoms with E-state index in [-0.39, 0.29) is 17.9 Å². The predicted molar refractivity (Wildman–Crippen MR) is 84.2 cm³/mol. The molecule has 2 aromatic rings. The quantitative estimate of drug-likeness (QED) is 0.794. The van der Waals surface area contributed by atoms with Crippen LogP contribution in [0.15, 0.2) is 54.7 Å². The van der Waals surface area contributed by atoms with Gasteiger partial charge in [0.25, 0.3) is 0 Å². The number of nitrogens with one attached hydrogen (secondary N) is 2. The smallest absolute Gasteiger partial charge is 0.335 e. The molecule has 5 nitrogen and oxygen atoms in total. The van der Waals surface area contributed by atoms with Gasteiger partial charge in [-0.1, -0.05) is 24.3 Å². The molecule has 0 aliphatic rings. The number of carbonyl (C=O) groups is 2. The van der Waals surface area contributed by atoms with Gasteiger partial charge in [-0.25, -0.2) is 14.0 Å². The van der Waals surface area contributed by atoms with Gasteiger partial charge in [0.15, 0.2) is 0 Å². The van der Waals surface area contributed by atoms with Crippen molar-refractivity contribution in [3.63, 3.8) is 0 Å². The van der Waals surface area contributed by atoms with Gasteiger partial charge in [0.05, 0.1) is 5.56 Å². The molecule has 2 amide bonds. The number of carbonyl (C=O) groups excluding carboxylic acids is 1. The fraction of sp³-hybridized carbons (Fsp3) is 0.0588. The average Bonchev–Trinajstić information content (AvgIpc) is 2.53. The first kappa shape index (κ1) is 16.2. The third kappa shape index (κ3) is 5.28. The zero-order chi connectivity index (χ0) is 16.7. The van der Waals surface area contributed by atoms with E-state index in [1.54, 1.807) is 30.3 Å². The number of hydrogen-bond donors (Lipinski definition) is 3. The Hall–Kier alpha value is -3.15. The summed E-state index contributed by atoms with van der Waals surface area (Å²) in [4.78, 5) is 22.3. The van der Waals surface area contributed by atoms with E-state index in [2.05, 4.69) is 10.6 Å². The van der Waals surface area contributed by atoms with Crippen LogP contribution in [0.25, 0.3) is 6.08 Å². The molecule has 0 spiro atoms. The molecule has 2 aromatic carbocycles. The first-order valence-electron chi connectivity index (χ1n) is 6.83. The second-order valence-corrected chi connectivity index (χ2v) is 4.72. The van der Waals surface area contributed by atoms with Gasteiger partial charge in [-0.15, -0.1) is 0 Å². The Balaban J connectivity index is 1.79. The molecular weight excluding hydrogens is 299 g/mol. The Kier molecular flexibility index (Phi) is 5.46. The van der Waals surface area contributed by atoms with Gasteiger partial charge in [0, 0.05) is 12.7 Å². The van der Waals surface area contributed by atoms with Crippen LogP contribution in [0, 0.1) is 5.82 Å². The number of carboxylic acids is 1. The number of rotatable bonds is 5. The van der Waals surface area contributed by atoms with Crippen molar-refractivity contribution in [2.24, 2.45) is 0 Å². The highest BCUT2D eigenvalue weighted by Crippen LogP contribution is 2.05. The van der Waals surface area contributed by atoms with Crippen molar-refractivity contribution in [2.75, 3.05) is 0 Å². The van der Waals surface area contributed by atoms with Crippen LogP contribution < -0.4 is 10.6 Å². The number of halogens is 1. The number of hydrogen-bond acceptors (Lipinski definition) is 2. The molecule has 0 heterocycles. The maximum atomic E-state index is 13.0. The molecule has 0 fully saturated rings. The van der Waals surface area contributed by atoms with Crippen LogP contribution in [0.3, 0.4) is 0 Å². The van der Waals surface area contributed by atoms with Crippen molar-refractivity contribution in [2.45, 2.75) is 6.54 Å². The number of urea groups is 1. The van der Waals surface area contributed by atoms with E-state index in [0.29, 0.717) is 5.56 Å². The molecule has 3 N–H and O–H groups in total. The monoisotopic (exact) mass is 314 g/mol. The van der Waals surface area contributed by atoms with Crippen molar-refractivity contribution in [3.05, 3.63) is 77.2 Å². The molecule has 0 aliphatic carbocycles. The molecule has 0 bridgehead atoms. The summed E-state index contributed by atoms with van der Waals surface area (Å²) >= 11 is 0. The third-order valence-corrected chi connectivity index (χ3v) is 2.99. The number of aromatic carboxylic acids is 1. The lowest BCUT2D eigenvalue weighted by Crippen LogP contribution is -2.31. The van der Waals surface area contributed by atoms with Gasteiger partial charge in [-0.3, -0.25) is 0 Å². The molecule has 0 unspecified atom stereocenters. The average molecular weight is 314 g/mol. The van der Waals surface area contributed by atoms with Crippen LogP contribution in [0.2, 0.25) is 0 Å². The van der Waals surface area contributed by atoms with E-state index in [1.165, 1.54) is 30.5 Å². The summed E-state index contributed by atoms with van der Waals surface area (Å²) in [6, 6.07) is 11.8. The minimum atomic E-state index is -0.996. The summed E-state index contributed by atoms with van der Waals surface area (Å²) in [6.45, 7) is 0.263. The molecule has 0 atom stereocenters. The summed E-state index contributed by atoms with van der Waals surface area (Å²) in [7, 11) is 0. The van der Waals surface area contributed by atoms with Crippen LogP contribution >= 0.6 is 0 Å². The Labute approximate surface area is 132 Å². The molecular formula is C17H15FN2O3. The Morgan fingerprint density at radius 3 is 2.52 bits per heavy atom. The summed E-state index contributed by atoms with van der Waals surface area (Å²) in [5, 5.41) is 13.9. The molecule has 2 rings (SSSR count). The van der Waals surface area contributed by atoms with Gasteiger partial charge < -0.3 is 15.7 Å². The van der Waals surface area contributed by atoms with Gasteiger partial charge in [0.1, 0.15) is 5.82 Å². The van der Waals surface area contributed by atoms with Crippen molar-refractivity contribution >= 4 is 18.1 Å². The zero-order valence-corrected chi connectivity index (χ0v) is 12.1. The topological polar surface area (TPSA) is 78.4 Å². The summed E-state index contributed by atoms with van der Waals surface area (Å²) in [6.07, 6.45) is 2.99. The molecule has 0 aromatic heterocycles. The van der Waals surface area contributed by atoms with Gasteiger partial charge in [-0.05, 0) is 41.5 Å². The van der Waals surface area contributed by atoms with Crippen LogP contribution in [0.1, 0.15) is 21.5 Å². The molecule has 0 radical (unpaired) electrons. The number of amides is 2. The predicted octanol–water partition coefficient (Wildman–Crippen LogP) is 2.99. The van der Waals surface area contributed by atoms with Crippen molar-refractivity contribution in [3.8, 4) is 0 Å². The summed E-state index contributed by atoms with van der Waals surface area (Å²) in [5.41, 5.74) is 1.60. The highest BCUT2D eigenvalue weighted by Gasteiger charge is 2.02. The second kappa shape index (κ2) is 7.74. The lowest BCUT2D eigenvalue weighted by molar-refractivity contribution is 0.0697. The molecule has 23 heavy (non-hydrogen) atoms. The molecule has 0 aliphatic heterocycles. The minimum Gasteiger partial charge on any atom is -0.478 e. The SMILES string of the molecule is O=C(N/C=C/c1cccc(F)c1)NCc1ccc(C(=O)O)cc1. The highest BCUT2D eigenvalue weighted by atomic mass is 19.1. The third-order valence-electron chi connectivity index (χ3n) is 2.99. The molecule has 6 heteroatoms. The lowest BCUT2D eigenvalue weighted by Gasteiger charge is -2.05. The van der Waals surface area contributed by atoms with E-state index in [0.717, 1.165) is 5.56 Å². The van der Waals surface area contributed by atoms with Crippen LogP contribution in [-0.4, -0.2) is 17.1 Å². The molecule has 0 saturated carbocycles. The van der Waals surface area contributed by atoms with Crippen LogP contribution in [-0.2, 0) is 6.54 Å². The standard InChI is InChI=1S/C17H15FN2O3/c18-15-3-1-2-12(10-15)8-9-19-17(23)20-11-13-4-6-14(7-5-13)16(21)22/h1-10H,11H2,(H,21,22)(H2,19,20,23)/b9-8+. The van der Waals surface area contributed by atoms with E-state index in [4.69, 9.17) is 5.11 Å². The van der Waals surface area contributed by atoms with Crippen molar-refractivity contribution in [1.82, 2.24) is 10.6 Å². The Morgan fingerprint density at radius 2 is 1.87 bits per heavy atom. The van der Waals surface area contributed by atoms with Crippen LogP contribution in [0.5, 0.6) is 0 Å². The molecule has 0 saturated heterocycles. The fourth-order valence-corrected chi connectivity index (χ4v) is 1.82. The number of carboxylic acid groups (broad SMARTS) is 1. The van der Waals surface area contributed by atoms with Crippen molar-refractivity contribution in [1.29, 1.82) is 0 Å². The summed E-state index contributed by atoms with van der Waals surface area (Å²) in [5.74, 6) is -1.34. The van der Waals surface area contributed by atoms with E-state index in [1.807, 2.05) is 0 Å². The van der Waals surface area contributed by atoms with Crippen molar-refractivity contribution < 1.29 is 19.1 Å². The Bertz CT molecular complexity index is 727. The van der Waals surface area contributed by atoms with Gasteiger partial charge in [0.2, 0.25) is 0 Å². The Morgan fingerprint density at radius 1 is 1.13 bits per heavy atom. The van der Waals surface area contributed by atoms with E-state index in [9.17, 15) is 14.0 Å². The van der Waals surface area contributed by atoms with Gasteiger partial charge in [-0.2, -0.15) is 0 Å². The fourth-order valence-electron chi connectivity index (χ4n) is 1.82. The largest absolute Gasteiger partial charge is 0.478 e. The molecule has 118 valence electrons. The van der Waals surface area contributed by atoms with Crippen LogP contribution in [0.4, 0.5) is 9.18 Å². The van der Waals surface area contributed by atoms with E-state index < -0.39 is 12.0 Å². The lowest BCUT2D eigenvalue weighted by atomic mass is 10.1. The zero-order valence-electron chi connectivity index (χ0n) is 12.1. The normalized spacial score (nSPS) is 10.5. The first-order chi connectivity index (χ1) is 11.0. The number of benzene rings is 2.